The van der Waals surface area contributed by atoms with Crippen molar-refractivity contribution in [2.75, 3.05) is 19.6 Å². The Bertz CT molecular complexity index is 1340. The number of aromatic nitrogens is 1. The summed E-state index contributed by atoms with van der Waals surface area (Å²) in [5, 5.41) is 5.99. The van der Waals surface area contributed by atoms with E-state index >= 15 is 0 Å². The van der Waals surface area contributed by atoms with Gasteiger partial charge in [-0.3, -0.25) is 4.79 Å². The third kappa shape index (κ3) is 4.51. The fraction of sp³-hybridized carbons (Fsp3) is 0.250. The minimum atomic E-state index is -0.317. The maximum Gasteiger partial charge on any atom is 0.274 e. The van der Waals surface area contributed by atoms with E-state index in [0.717, 1.165) is 26.6 Å². The van der Waals surface area contributed by atoms with Crippen molar-refractivity contribution in [2.24, 2.45) is 0 Å². The Morgan fingerprint density at radius 2 is 2.06 bits per heavy atom. The standard InChI is InChI=1S/C24H20Cl2FN3O2S/c1-13-29-22(23(33-13)14-2-4-16(27)5-3-14)24(31)30-7-6-28-12-17(30)10-18-11-19-20(26)8-15(25)9-21(19)32-18/h2-5,8-9,11,17,28H,6-7,10,12H2,1H3. The number of rotatable bonds is 4. The summed E-state index contributed by atoms with van der Waals surface area (Å²) in [4.78, 5) is 20.8. The molecule has 1 fully saturated rings. The van der Waals surface area contributed by atoms with Crippen molar-refractivity contribution < 1.29 is 13.6 Å². The van der Waals surface area contributed by atoms with Crippen LogP contribution in [0.5, 0.6) is 0 Å². The number of piperazine rings is 1. The number of benzene rings is 2. The van der Waals surface area contributed by atoms with Gasteiger partial charge in [-0.25, -0.2) is 9.37 Å². The summed E-state index contributed by atoms with van der Waals surface area (Å²) in [7, 11) is 0. The summed E-state index contributed by atoms with van der Waals surface area (Å²) in [5.74, 6) is 0.276. The Labute approximate surface area is 204 Å². The molecule has 1 saturated heterocycles. The zero-order chi connectivity index (χ0) is 23.1. The van der Waals surface area contributed by atoms with Crippen LogP contribution >= 0.6 is 34.5 Å². The SMILES string of the molecule is Cc1nc(C(=O)N2CCNCC2Cc2cc3c(Cl)cc(Cl)cc3o2)c(-c2ccc(F)cc2)s1. The van der Waals surface area contributed by atoms with Crippen LogP contribution in [0.2, 0.25) is 10.0 Å². The van der Waals surface area contributed by atoms with Crippen molar-refractivity contribution in [3.8, 4) is 10.4 Å². The monoisotopic (exact) mass is 503 g/mol. The zero-order valence-electron chi connectivity index (χ0n) is 17.7. The number of fused-ring (bicyclic) bond motifs is 1. The van der Waals surface area contributed by atoms with Crippen LogP contribution in [0.3, 0.4) is 0 Å². The van der Waals surface area contributed by atoms with Gasteiger partial charge in [-0.2, -0.15) is 0 Å². The quantitative estimate of drug-likeness (QED) is 0.372. The van der Waals surface area contributed by atoms with Crippen LogP contribution in [0.4, 0.5) is 4.39 Å². The van der Waals surface area contributed by atoms with Crippen molar-refractivity contribution in [1.29, 1.82) is 0 Å². The van der Waals surface area contributed by atoms with E-state index < -0.39 is 0 Å². The van der Waals surface area contributed by atoms with E-state index in [0.29, 0.717) is 47.4 Å². The van der Waals surface area contributed by atoms with Crippen LogP contribution in [0.1, 0.15) is 21.3 Å². The molecular formula is C24H20Cl2FN3O2S. The van der Waals surface area contributed by atoms with Crippen molar-refractivity contribution in [3.63, 3.8) is 0 Å². The minimum Gasteiger partial charge on any atom is -0.461 e. The van der Waals surface area contributed by atoms with Gasteiger partial charge in [0.15, 0.2) is 0 Å². The normalized spacial score (nSPS) is 16.5. The van der Waals surface area contributed by atoms with Crippen LogP contribution in [-0.4, -0.2) is 41.5 Å². The van der Waals surface area contributed by atoms with Gasteiger partial charge >= 0.3 is 0 Å². The Kier molecular flexibility index (Phi) is 6.14. The first-order valence-corrected chi connectivity index (χ1v) is 12.1. The lowest BCUT2D eigenvalue weighted by Crippen LogP contribution is -2.54. The van der Waals surface area contributed by atoms with E-state index in [2.05, 4.69) is 10.3 Å². The van der Waals surface area contributed by atoms with Gasteiger partial charge in [0, 0.05) is 42.5 Å². The van der Waals surface area contributed by atoms with Gasteiger partial charge in [0.25, 0.3) is 5.91 Å². The Balaban J connectivity index is 1.44. The third-order valence-corrected chi connectivity index (χ3v) is 7.24. The highest BCUT2D eigenvalue weighted by atomic mass is 35.5. The molecule has 9 heteroatoms. The molecule has 1 aliphatic heterocycles. The van der Waals surface area contributed by atoms with Crippen LogP contribution in [0.15, 0.2) is 46.9 Å². The second-order valence-corrected chi connectivity index (χ2v) is 10.0. The molecule has 2 aromatic carbocycles. The molecule has 1 aliphatic rings. The lowest BCUT2D eigenvalue weighted by atomic mass is 10.1. The molecule has 1 amide bonds. The summed E-state index contributed by atoms with van der Waals surface area (Å²) >= 11 is 13.8. The second-order valence-electron chi connectivity index (χ2n) is 7.99. The first-order chi connectivity index (χ1) is 15.9. The molecule has 4 aromatic rings. The fourth-order valence-corrected chi connectivity index (χ4v) is 5.61. The van der Waals surface area contributed by atoms with Crippen molar-refractivity contribution >= 4 is 51.4 Å². The maximum atomic E-state index is 13.6. The average Bonchev–Trinajstić information content (AvgIpc) is 3.37. The van der Waals surface area contributed by atoms with Crippen molar-refractivity contribution in [2.45, 2.75) is 19.4 Å². The van der Waals surface area contributed by atoms with E-state index in [4.69, 9.17) is 27.6 Å². The zero-order valence-corrected chi connectivity index (χ0v) is 20.0. The molecule has 1 N–H and O–H groups in total. The summed E-state index contributed by atoms with van der Waals surface area (Å²) < 4.78 is 19.4. The number of carbonyl (C=O) groups is 1. The van der Waals surface area contributed by atoms with Gasteiger partial charge in [0.2, 0.25) is 0 Å². The molecule has 0 spiro atoms. The number of hydrogen-bond acceptors (Lipinski definition) is 5. The van der Waals surface area contributed by atoms with E-state index in [9.17, 15) is 9.18 Å². The first kappa shape index (κ1) is 22.3. The molecule has 0 aliphatic carbocycles. The van der Waals surface area contributed by atoms with Crippen LogP contribution in [0.25, 0.3) is 21.4 Å². The van der Waals surface area contributed by atoms with Gasteiger partial charge < -0.3 is 14.6 Å². The number of aryl methyl sites for hydroxylation is 1. The Hall–Kier alpha value is -2.45. The van der Waals surface area contributed by atoms with E-state index in [1.165, 1.54) is 23.5 Å². The molecule has 5 rings (SSSR count). The Morgan fingerprint density at radius 1 is 1.27 bits per heavy atom. The molecule has 1 atom stereocenters. The molecule has 0 radical (unpaired) electrons. The summed E-state index contributed by atoms with van der Waals surface area (Å²) in [5.41, 5.74) is 1.80. The smallest absolute Gasteiger partial charge is 0.274 e. The van der Waals surface area contributed by atoms with Gasteiger partial charge in [0.1, 0.15) is 22.9 Å². The topological polar surface area (TPSA) is 58.4 Å². The summed E-state index contributed by atoms with van der Waals surface area (Å²) in [6, 6.07) is 11.4. The van der Waals surface area contributed by atoms with E-state index in [1.54, 1.807) is 24.3 Å². The molecule has 5 nitrogen and oxygen atoms in total. The lowest BCUT2D eigenvalue weighted by molar-refractivity contribution is 0.0626. The summed E-state index contributed by atoms with van der Waals surface area (Å²) in [6.07, 6.45) is 0.524. The number of halogens is 3. The van der Waals surface area contributed by atoms with Gasteiger partial charge in [-0.1, -0.05) is 35.3 Å². The molecule has 2 aromatic heterocycles. The molecule has 1 unspecified atom stereocenters. The van der Waals surface area contributed by atoms with E-state index in [1.807, 2.05) is 17.9 Å². The molecule has 170 valence electrons. The Morgan fingerprint density at radius 3 is 2.85 bits per heavy atom. The van der Waals surface area contributed by atoms with Crippen LogP contribution in [-0.2, 0) is 6.42 Å². The van der Waals surface area contributed by atoms with Gasteiger partial charge in [-0.05, 0) is 36.8 Å². The van der Waals surface area contributed by atoms with Crippen LogP contribution < -0.4 is 5.32 Å². The predicted molar refractivity (Wildman–Crippen MR) is 130 cm³/mol. The highest BCUT2D eigenvalue weighted by molar-refractivity contribution is 7.15. The second kappa shape index (κ2) is 9.06. The largest absolute Gasteiger partial charge is 0.461 e. The average molecular weight is 504 g/mol. The number of thiazole rings is 1. The molecule has 3 heterocycles. The van der Waals surface area contributed by atoms with Gasteiger partial charge in [0.05, 0.1) is 20.9 Å². The molecule has 33 heavy (non-hydrogen) atoms. The number of carbonyl (C=O) groups excluding carboxylic acids is 1. The predicted octanol–water partition coefficient (Wildman–Crippen LogP) is 5.97. The highest BCUT2D eigenvalue weighted by Crippen LogP contribution is 2.33. The molecule has 0 bridgehead atoms. The maximum absolute atomic E-state index is 13.6. The number of nitrogens with one attached hydrogen (secondary N) is 1. The third-order valence-electron chi connectivity index (χ3n) is 5.69. The highest BCUT2D eigenvalue weighted by Gasteiger charge is 2.31. The first-order valence-electron chi connectivity index (χ1n) is 10.5. The number of nitrogens with zero attached hydrogens (tertiary/aromatic N) is 2. The minimum absolute atomic E-state index is 0.121. The molecular weight excluding hydrogens is 484 g/mol. The van der Waals surface area contributed by atoms with Crippen LogP contribution in [0, 0.1) is 12.7 Å². The lowest BCUT2D eigenvalue weighted by Gasteiger charge is -2.35. The summed E-state index contributed by atoms with van der Waals surface area (Å²) in [6.45, 7) is 3.74. The fourth-order valence-electron chi connectivity index (χ4n) is 4.17. The van der Waals surface area contributed by atoms with Crippen molar-refractivity contribution in [1.82, 2.24) is 15.2 Å². The number of hydrogen-bond donors (Lipinski definition) is 1. The molecule has 0 saturated carbocycles. The number of amides is 1. The number of furan rings is 1. The van der Waals surface area contributed by atoms with Gasteiger partial charge in [-0.15, -0.1) is 11.3 Å². The van der Waals surface area contributed by atoms with E-state index in [-0.39, 0.29) is 17.8 Å². The van der Waals surface area contributed by atoms with Crippen molar-refractivity contribution in [3.05, 3.63) is 74.8 Å².